The quantitative estimate of drug-likeness (QED) is 0.125. The van der Waals surface area contributed by atoms with E-state index in [1.807, 2.05) is 0 Å². The van der Waals surface area contributed by atoms with Gasteiger partial charge >= 0.3 is 137 Å². The van der Waals surface area contributed by atoms with Crippen molar-refractivity contribution < 1.29 is 75.4 Å². The Morgan fingerprint density at radius 1 is 0.596 bits per heavy atom. The maximum absolute atomic E-state index is 12.7. The van der Waals surface area contributed by atoms with Gasteiger partial charge in [0, 0.05) is 0 Å². The minimum Gasteiger partial charge on any atom is -1.00 e. The molecular weight excluding hydrogens is 853 g/mol. The van der Waals surface area contributed by atoms with E-state index in [1.165, 1.54) is 75.4 Å². The predicted molar refractivity (Wildman–Crippen MR) is 214 cm³/mol. The van der Waals surface area contributed by atoms with Gasteiger partial charge in [-0.15, -0.1) is 39.7 Å². The van der Waals surface area contributed by atoms with Gasteiger partial charge in [0.1, 0.15) is 0 Å². The second kappa shape index (κ2) is 19.5. The number of halogens is 8. The molecule has 306 valence electrons. The van der Waals surface area contributed by atoms with E-state index in [4.69, 9.17) is 0 Å². The fraction of sp³-hybridized carbons (Fsp3) is 0.375. The van der Waals surface area contributed by atoms with Gasteiger partial charge in [-0.25, -0.2) is 6.08 Å². The first-order chi connectivity index (χ1) is 25.3. The van der Waals surface area contributed by atoms with E-state index in [-0.39, 0.29) is 46.8 Å². The standard InChI is InChI=1S/C21H25.C15H8F6.C12H19.2ClH.Zr/c1-20(2,3)16-9-7-14-11-15-8-10-17(21(4,5)6)13-19(15)18(14)12-16;16-14(17,18)12-5-1-3-10(8-12)7-11-4-2-6-13(9-11)15(19,20)21;1-5-6-10-7-8-11(9-10)12(2,3)4;;;/h7-13H,1-6H3;1-6,8-9H;8-10H,5-6H2,1-4H3;2*1H;/q-1;;-1;;;+2/p-2. The maximum atomic E-state index is 12.7. The molecule has 0 spiro atoms. The molecule has 0 nitrogen and oxygen atoms in total. The van der Waals surface area contributed by atoms with Gasteiger partial charge in [0.25, 0.3) is 0 Å². The zero-order valence-electron chi connectivity index (χ0n) is 34.3. The van der Waals surface area contributed by atoms with Crippen molar-refractivity contribution in [1.29, 1.82) is 0 Å². The number of alkyl halides is 6. The topological polar surface area (TPSA) is 0 Å². The molecule has 1 aliphatic rings. The fourth-order valence-electron chi connectivity index (χ4n) is 6.25. The molecule has 0 N–H and O–H groups in total. The number of rotatable bonds is 4. The van der Waals surface area contributed by atoms with Crippen molar-refractivity contribution in [3.05, 3.63) is 148 Å². The van der Waals surface area contributed by atoms with E-state index in [0.29, 0.717) is 14.5 Å². The zero-order valence-corrected chi connectivity index (χ0v) is 38.3. The first-order valence-corrected chi connectivity index (χ1v) is 19.9. The largest absolute Gasteiger partial charge is 1.00 e. The molecule has 57 heavy (non-hydrogen) atoms. The van der Waals surface area contributed by atoms with Gasteiger partial charge in [-0.1, -0.05) is 129 Å². The Morgan fingerprint density at radius 2 is 1.02 bits per heavy atom. The first-order valence-electron chi connectivity index (χ1n) is 18.7. The normalized spacial score (nSPS) is 14.5. The van der Waals surface area contributed by atoms with Crippen molar-refractivity contribution in [2.24, 2.45) is 11.3 Å². The van der Waals surface area contributed by atoms with Crippen molar-refractivity contribution in [2.75, 3.05) is 0 Å². The molecule has 1 unspecified atom stereocenters. The average Bonchev–Trinajstić information content (AvgIpc) is 3.72. The summed E-state index contributed by atoms with van der Waals surface area (Å²) >= 11 is 0.729. The minimum absolute atomic E-state index is 0. The van der Waals surface area contributed by atoms with Crippen molar-refractivity contribution in [3.63, 3.8) is 0 Å². The Kier molecular flexibility index (Phi) is 17.2. The summed E-state index contributed by atoms with van der Waals surface area (Å²) in [4.78, 5) is 0. The second-order valence-electron chi connectivity index (χ2n) is 17.4. The Bertz CT molecular complexity index is 2050. The van der Waals surface area contributed by atoms with Gasteiger partial charge in [0.15, 0.2) is 0 Å². The summed E-state index contributed by atoms with van der Waals surface area (Å²) in [7, 11) is 0. The predicted octanol–water partition coefficient (Wildman–Crippen LogP) is 8.90. The van der Waals surface area contributed by atoms with Crippen LogP contribution >= 0.6 is 0 Å². The molecule has 1 aliphatic carbocycles. The SMILES string of the molecule is CC(C)(C)c1ccc2[cH-]c3ccc(C(C)(C)C)cc3c2c1.CCCC1[C-]=CC(C(C)(C)C)=C1.FC(F)(F)c1cccc([C](=[Zr+2])c2cccc(C(F)(F)F)c2)c1.[Cl-].[Cl-]. The van der Waals surface area contributed by atoms with E-state index in [9.17, 15) is 26.3 Å². The molecule has 0 aliphatic heterocycles. The molecule has 6 rings (SSSR count). The maximum Gasteiger partial charge on any atom is -1.00 e. The molecule has 0 heterocycles. The van der Waals surface area contributed by atoms with Crippen molar-refractivity contribution in [1.82, 2.24) is 0 Å². The van der Waals surface area contributed by atoms with Crippen LogP contribution in [0.4, 0.5) is 26.3 Å². The molecule has 0 saturated heterocycles. The third-order valence-corrected chi connectivity index (χ3v) is 11.1. The van der Waals surface area contributed by atoms with Crippen LogP contribution < -0.4 is 24.8 Å². The van der Waals surface area contributed by atoms with Gasteiger partial charge in [0.05, 0.1) is 0 Å². The fourth-order valence-corrected chi connectivity index (χ4v) is 7.02. The molecule has 0 radical (unpaired) electrons. The summed E-state index contributed by atoms with van der Waals surface area (Å²) in [5.74, 6) is 0.587. The van der Waals surface area contributed by atoms with Crippen LogP contribution in [-0.4, -0.2) is 3.21 Å². The van der Waals surface area contributed by atoms with E-state index in [0.717, 1.165) is 48.5 Å². The molecule has 0 aromatic heterocycles. The molecular formula is C48H52Cl2F6Zr-2. The van der Waals surface area contributed by atoms with Gasteiger partial charge in [-0.2, -0.15) is 11.6 Å². The van der Waals surface area contributed by atoms with Crippen molar-refractivity contribution in [3.8, 4) is 0 Å². The minimum atomic E-state index is -4.49. The third-order valence-electron chi connectivity index (χ3n) is 9.70. The molecule has 0 saturated carbocycles. The van der Waals surface area contributed by atoms with Gasteiger partial charge in [-0.3, -0.25) is 6.08 Å². The number of fused-ring (bicyclic) bond motifs is 3. The molecule has 5 aromatic carbocycles. The Hall–Kier alpha value is -2.86. The summed E-state index contributed by atoms with van der Waals surface area (Å²) in [6, 6.07) is 25.3. The monoisotopic (exact) mass is 902 g/mol. The van der Waals surface area contributed by atoms with Crippen molar-refractivity contribution >= 4 is 24.8 Å². The smallest absolute Gasteiger partial charge is 1.00 e. The van der Waals surface area contributed by atoms with Gasteiger partial charge in [-0.05, 0) is 10.8 Å². The molecule has 0 amide bonds. The number of allylic oxidation sites excluding steroid dienone is 4. The number of benzene rings is 4. The zero-order chi connectivity index (χ0) is 41.1. The molecule has 5 aromatic rings. The summed E-state index contributed by atoms with van der Waals surface area (Å²) in [6.45, 7) is 22.7. The summed E-state index contributed by atoms with van der Waals surface area (Å²) in [6.07, 6.45) is 1.45. The molecule has 0 bridgehead atoms. The van der Waals surface area contributed by atoms with E-state index in [1.54, 1.807) is 0 Å². The Morgan fingerprint density at radius 3 is 1.35 bits per heavy atom. The number of hydrogen-bond donors (Lipinski definition) is 0. The summed E-state index contributed by atoms with van der Waals surface area (Å²) in [5, 5.41) is 5.49. The van der Waals surface area contributed by atoms with Crippen LogP contribution in [0.25, 0.3) is 21.5 Å². The van der Waals surface area contributed by atoms with Crippen LogP contribution in [0.3, 0.4) is 0 Å². The van der Waals surface area contributed by atoms with Crippen LogP contribution in [-0.2, 0) is 47.4 Å². The van der Waals surface area contributed by atoms with Crippen LogP contribution in [0, 0.1) is 17.4 Å². The van der Waals surface area contributed by atoms with E-state index in [2.05, 4.69) is 130 Å². The molecule has 0 fully saturated rings. The third kappa shape index (κ3) is 13.6. The number of hydrogen-bond acceptors (Lipinski definition) is 0. The van der Waals surface area contributed by atoms with Crippen LogP contribution in [0.15, 0.2) is 109 Å². The second-order valence-corrected chi connectivity index (χ2v) is 18.6. The van der Waals surface area contributed by atoms with Crippen LogP contribution in [0.5, 0.6) is 0 Å². The Balaban J connectivity index is 0.000000302. The van der Waals surface area contributed by atoms with E-state index >= 15 is 0 Å². The molecule has 1 atom stereocenters. The average molecular weight is 905 g/mol. The van der Waals surface area contributed by atoms with Crippen LogP contribution in [0.1, 0.15) is 115 Å². The summed E-state index contributed by atoms with van der Waals surface area (Å²) < 4.78 is 76.7. The Labute approximate surface area is 362 Å². The van der Waals surface area contributed by atoms with Gasteiger partial charge in [0.2, 0.25) is 0 Å². The van der Waals surface area contributed by atoms with Crippen molar-refractivity contribution in [2.45, 2.75) is 105 Å². The van der Waals surface area contributed by atoms with Gasteiger partial charge < -0.3 is 24.8 Å². The van der Waals surface area contributed by atoms with Crippen LogP contribution in [0.2, 0.25) is 0 Å². The summed E-state index contributed by atoms with van der Waals surface area (Å²) in [5.41, 5.74) is 3.84. The first kappa shape index (κ1) is 50.3. The van der Waals surface area contributed by atoms with E-state index < -0.39 is 23.5 Å². The molecule has 9 heteroatoms.